The second kappa shape index (κ2) is 6.61. The zero-order chi connectivity index (χ0) is 15.4. The summed E-state index contributed by atoms with van der Waals surface area (Å²) in [6, 6.07) is 1.95. The van der Waals surface area contributed by atoms with Crippen molar-refractivity contribution in [3.05, 3.63) is 36.7 Å². The van der Waals surface area contributed by atoms with Crippen molar-refractivity contribution in [2.24, 2.45) is 0 Å². The molecule has 2 amide bonds. The predicted molar refractivity (Wildman–Crippen MR) is 81.2 cm³/mol. The third-order valence-electron chi connectivity index (χ3n) is 3.95. The van der Waals surface area contributed by atoms with Crippen LogP contribution in [0.4, 0.5) is 4.79 Å². The molecule has 1 aliphatic rings. The number of carbonyl (C=O) groups excluding carboxylic acids is 1. The molecule has 8 nitrogen and oxygen atoms in total. The third kappa shape index (κ3) is 3.28. The number of nitrogens with zero attached hydrogens (tertiary/aromatic N) is 5. The molecule has 22 heavy (non-hydrogen) atoms. The van der Waals surface area contributed by atoms with Crippen molar-refractivity contribution < 1.29 is 4.79 Å². The fourth-order valence-corrected chi connectivity index (χ4v) is 2.64. The Morgan fingerprint density at radius 3 is 3.09 bits per heavy atom. The average Bonchev–Trinajstić information content (AvgIpc) is 3.21. The van der Waals surface area contributed by atoms with Crippen molar-refractivity contribution in [2.45, 2.75) is 12.6 Å². The molecule has 2 aromatic heterocycles. The summed E-state index contributed by atoms with van der Waals surface area (Å²) in [7, 11) is 2.06. The van der Waals surface area contributed by atoms with Gasteiger partial charge in [0.05, 0.1) is 12.6 Å². The summed E-state index contributed by atoms with van der Waals surface area (Å²) in [4.78, 5) is 23.8. The Hall–Kier alpha value is -2.35. The van der Waals surface area contributed by atoms with Crippen molar-refractivity contribution >= 4 is 6.03 Å². The lowest BCUT2D eigenvalue weighted by Crippen LogP contribution is -2.52. The minimum absolute atomic E-state index is 0.0307. The van der Waals surface area contributed by atoms with E-state index in [1.165, 1.54) is 0 Å². The molecule has 118 valence electrons. The van der Waals surface area contributed by atoms with Gasteiger partial charge in [0, 0.05) is 51.0 Å². The van der Waals surface area contributed by atoms with Crippen molar-refractivity contribution in [1.82, 2.24) is 34.9 Å². The zero-order valence-corrected chi connectivity index (χ0v) is 12.6. The maximum atomic E-state index is 12.3. The van der Waals surface area contributed by atoms with Gasteiger partial charge in [-0.2, -0.15) is 5.10 Å². The van der Waals surface area contributed by atoms with Crippen LogP contribution in [0.5, 0.6) is 0 Å². The Morgan fingerprint density at radius 2 is 2.36 bits per heavy atom. The molecular weight excluding hydrogens is 282 g/mol. The Balaban J connectivity index is 1.52. The number of nitrogens with one attached hydrogen (secondary N) is 2. The van der Waals surface area contributed by atoms with Crippen molar-refractivity contribution in [3.63, 3.8) is 0 Å². The van der Waals surface area contributed by atoms with Crippen LogP contribution < -0.4 is 5.32 Å². The van der Waals surface area contributed by atoms with E-state index in [0.29, 0.717) is 19.6 Å². The molecule has 3 rings (SSSR count). The number of piperazine rings is 1. The number of imidazole rings is 1. The highest BCUT2D eigenvalue weighted by Crippen LogP contribution is 2.20. The van der Waals surface area contributed by atoms with Gasteiger partial charge >= 0.3 is 6.03 Å². The van der Waals surface area contributed by atoms with Crippen LogP contribution in [0.25, 0.3) is 0 Å². The topological polar surface area (TPSA) is 82.1 Å². The van der Waals surface area contributed by atoms with E-state index in [-0.39, 0.29) is 12.1 Å². The van der Waals surface area contributed by atoms with Gasteiger partial charge in [0.1, 0.15) is 5.82 Å². The van der Waals surface area contributed by atoms with Gasteiger partial charge in [0.15, 0.2) is 0 Å². The lowest BCUT2D eigenvalue weighted by molar-refractivity contribution is 0.106. The Labute approximate surface area is 129 Å². The minimum Gasteiger partial charge on any atom is -0.347 e. The smallest absolute Gasteiger partial charge is 0.317 e. The van der Waals surface area contributed by atoms with Gasteiger partial charge in [-0.3, -0.25) is 9.58 Å². The molecule has 2 aromatic rings. The molecule has 1 saturated heterocycles. The van der Waals surface area contributed by atoms with E-state index in [9.17, 15) is 4.79 Å². The monoisotopic (exact) mass is 303 g/mol. The largest absolute Gasteiger partial charge is 0.347 e. The minimum atomic E-state index is -0.0307. The van der Waals surface area contributed by atoms with E-state index in [2.05, 4.69) is 32.3 Å². The van der Waals surface area contributed by atoms with E-state index in [1.54, 1.807) is 17.1 Å². The van der Waals surface area contributed by atoms with E-state index in [0.717, 1.165) is 18.9 Å². The standard InChI is InChI=1S/C14H21N7O/c1-19-9-10-20(11-12(19)13-15-4-5-16-13)14(22)17-6-8-21-7-2-3-18-21/h2-5,7,12H,6,8-11H2,1H3,(H,15,16)(H,17,22)/t12-/m0/s1. The fourth-order valence-electron chi connectivity index (χ4n) is 2.64. The number of rotatable bonds is 4. The number of aromatic nitrogens is 4. The average molecular weight is 303 g/mol. The second-order valence-corrected chi connectivity index (χ2v) is 5.42. The van der Waals surface area contributed by atoms with Crippen LogP contribution in [-0.2, 0) is 6.54 Å². The molecule has 1 fully saturated rings. The maximum absolute atomic E-state index is 12.3. The first-order valence-electron chi connectivity index (χ1n) is 7.44. The number of hydrogen-bond donors (Lipinski definition) is 2. The molecule has 3 heterocycles. The normalized spacial score (nSPS) is 19.3. The third-order valence-corrected chi connectivity index (χ3v) is 3.95. The fraction of sp³-hybridized carbons (Fsp3) is 0.500. The second-order valence-electron chi connectivity index (χ2n) is 5.42. The number of amides is 2. The summed E-state index contributed by atoms with van der Waals surface area (Å²) < 4.78 is 1.80. The van der Waals surface area contributed by atoms with Crippen LogP contribution in [-0.4, -0.2) is 68.8 Å². The highest BCUT2D eigenvalue weighted by Gasteiger charge is 2.29. The van der Waals surface area contributed by atoms with E-state index >= 15 is 0 Å². The van der Waals surface area contributed by atoms with Crippen molar-refractivity contribution in [2.75, 3.05) is 33.2 Å². The molecule has 0 aliphatic carbocycles. The lowest BCUT2D eigenvalue weighted by atomic mass is 10.1. The number of carbonyl (C=O) groups is 1. The molecule has 1 aliphatic heterocycles. The van der Waals surface area contributed by atoms with Crippen LogP contribution in [0.15, 0.2) is 30.9 Å². The van der Waals surface area contributed by atoms with Gasteiger partial charge in [-0.15, -0.1) is 0 Å². The highest BCUT2D eigenvalue weighted by atomic mass is 16.2. The number of H-pyrrole nitrogens is 1. The summed E-state index contributed by atoms with van der Waals surface area (Å²) >= 11 is 0. The quantitative estimate of drug-likeness (QED) is 0.851. The summed E-state index contributed by atoms with van der Waals surface area (Å²) in [6.45, 7) is 3.43. The van der Waals surface area contributed by atoms with Crippen molar-refractivity contribution in [3.8, 4) is 0 Å². The van der Waals surface area contributed by atoms with Crippen LogP contribution in [0, 0.1) is 0 Å². The summed E-state index contributed by atoms with van der Waals surface area (Å²) in [5.74, 6) is 0.900. The molecule has 8 heteroatoms. The summed E-state index contributed by atoms with van der Waals surface area (Å²) in [5, 5.41) is 7.06. The molecule has 0 radical (unpaired) electrons. The van der Waals surface area contributed by atoms with Crippen LogP contribution in [0.2, 0.25) is 0 Å². The lowest BCUT2D eigenvalue weighted by Gasteiger charge is -2.38. The Bertz CT molecular complexity index is 580. The first kappa shape index (κ1) is 14.6. The van der Waals surface area contributed by atoms with Gasteiger partial charge in [-0.05, 0) is 13.1 Å². The zero-order valence-electron chi connectivity index (χ0n) is 12.6. The van der Waals surface area contributed by atoms with E-state index in [1.807, 2.05) is 23.4 Å². The molecule has 0 aromatic carbocycles. The molecule has 2 N–H and O–H groups in total. The van der Waals surface area contributed by atoms with Gasteiger partial charge in [-0.1, -0.05) is 0 Å². The molecule has 0 unspecified atom stereocenters. The van der Waals surface area contributed by atoms with Gasteiger partial charge in [-0.25, -0.2) is 9.78 Å². The molecule has 0 saturated carbocycles. The van der Waals surface area contributed by atoms with Gasteiger partial charge in [0.2, 0.25) is 0 Å². The molecule has 0 spiro atoms. The van der Waals surface area contributed by atoms with E-state index < -0.39 is 0 Å². The van der Waals surface area contributed by atoms with Gasteiger partial charge in [0.25, 0.3) is 0 Å². The predicted octanol–water partition coefficient (Wildman–Crippen LogP) is 0.305. The van der Waals surface area contributed by atoms with E-state index in [4.69, 9.17) is 0 Å². The van der Waals surface area contributed by atoms with Crippen molar-refractivity contribution in [1.29, 1.82) is 0 Å². The highest BCUT2D eigenvalue weighted by molar-refractivity contribution is 5.74. The first-order valence-corrected chi connectivity index (χ1v) is 7.44. The number of aromatic amines is 1. The molecule has 0 bridgehead atoms. The maximum Gasteiger partial charge on any atom is 0.317 e. The van der Waals surface area contributed by atoms with Crippen LogP contribution >= 0.6 is 0 Å². The van der Waals surface area contributed by atoms with Gasteiger partial charge < -0.3 is 15.2 Å². The first-order chi connectivity index (χ1) is 10.7. The summed E-state index contributed by atoms with van der Waals surface area (Å²) in [5.41, 5.74) is 0. The van der Waals surface area contributed by atoms with Crippen LogP contribution in [0.3, 0.4) is 0 Å². The number of urea groups is 1. The molecular formula is C14H21N7O. The Morgan fingerprint density at radius 1 is 1.45 bits per heavy atom. The molecule has 1 atom stereocenters. The Kier molecular flexibility index (Phi) is 4.38. The SMILES string of the molecule is CN1CCN(C(=O)NCCn2cccn2)C[C@H]1c1ncc[nH]1. The van der Waals surface area contributed by atoms with Crippen LogP contribution in [0.1, 0.15) is 11.9 Å². The number of hydrogen-bond acceptors (Lipinski definition) is 4. The summed E-state index contributed by atoms with van der Waals surface area (Å²) in [6.07, 6.45) is 7.17. The number of likely N-dealkylation sites (N-methyl/N-ethyl adjacent to an activating group) is 1.